The van der Waals surface area contributed by atoms with Crippen molar-refractivity contribution in [2.45, 2.75) is 57.4 Å². The van der Waals surface area contributed by atoms with Crippen LogP contribution in [0.2, 0.25) is 0 Å². The van der Waals surface area contributed by atoms with Crippen LogP contribution in [0, 0.1) is 23.2 Å². The van der Waals surface area contributed by atoms with Gasteiger partial charge in [-0.05, 0) is 62.7 Å². The number of likely N-dealkylation sites (N-methyl/N-ethyl adjacent to an activating group) is 2. The first-order chi connectivity index (χ1) is 12.4. The Kier molecular flexibility index (Phi) is 4.48. The van der Waals surface area contributed by atoms with Crippen LogP contribution in [-0.4, -0.2) is 60.7 Å². The van der Waals surface area contributed by atoms with Gasteiger partial charge < -0.3 is 15.1 Å². The summed E-state index contributed by atoms with van der Waals surface area (Å²) < 4.78 is 0. The maximum Gasteiger partial charge on any atom is 0.245 e. The molecule has 0 aromatic rings. The number of rotatable bonds is 5. The number of nitrogens with zero attached hydrogens (tertiary/aromatic N) is 2. The van der Waals surface area contributed by atoms with E-state index in [1.165, 1.54) is 19.3 Å². The van der Waals surface area contributed by atoms with Crippen LogP contribution in [0.25, 0.3) is 0 Å². The molecular weight excluding hydrogens is 330 g/mol. The summed E-state index contributed by atoms with van der Waals surface area (Å²) in [5.41, 5.74) is -0.159. The lowest BCUT2D eigenvalue weighted by molar-refractivity contribution is -0.146. The first-order valence-corrected chi connectivity index (χ1v) is 10.2. The zero-order valence-corrected chi connectivity index (χ0v) is 16.0. The molecule has 3 amide bonds. The number of amides is 3. The van der Waals surface area contributed by atoms with Crippen LogP contribution in [0.1, 0.15) is 51.4 Å². The Hall–Kier alpha value is -1.59. The quantitative estimate of drug-likeness (QED) is 0.805. The lowest BCUT2D eigenvalue weighted by atomic mass is 9.49. The van der Waals surface area contributed by atoms with Crippen LogP contribution in [-0.2, 0) is 14.4 Å². The highest BCUT2D eigenvalue weighted by Gasteiger charge is 2.54. The van der Waals surface area contributed by atoms with Gasteiger partial charge >= 0.3 is 0 Å². The number of hydrogen-bond acceptors (Lipinski definition) is 3. The zero-order chi connectivity index (χ0) is 18.5. The molecule has 4 bridgehead atoms. The maximum atomic E-state index is 12.9. The first kappa shape index (κ1) is 17.8. The van der Waals surface area contributed by atoms with E-state index < -0.39 is 0 Å². The first-order valence-electron chi connectivity index (χ1n) is 10.2. The van der Waals surface area contributed by atoms with Gasteiger partial charge in [0.15, 0.2) is 0 Å². The Bertz CT molecular complexity index is 582. The predicted octanol–water partition coefficient (Wildman–Crippen LogP) is 1.40. The second kappa shape index (κ2) is 6.54. The maximum absolute atomic E-state index is 12.9. The Morgan fingerprint density at radius 1 is 1.15 bits per heavy atom. The number of hydrogen-bond donors (Lipinski definition) is 1. The SMILES string of the molecule is CN1CCC(N(C)C(=O)CCNC(=O)C23CC4CC(CC(C4)C2)C3)C1=O. The fourth-order valence-electron chi connectivity index (χ4n) is 6.37. The van der Waals surface area contributed by atoms with Crippen LogP contribution in [0.3, 0.4) is 0 Å². The molecule has 1 aliphatic heterocycles. The summed E-state index contributed by atoms with van der Waals surface area (Å²) in [6, 6.07) is -0.341. The second-order valence-electron chi connectivity index (χ2n) is 9.27. The molecule has 0 aromatic carbocycles. The molecule has 1 atom stereocenters. The standard InChI is InChI=1S/C20H31N3O3/c1-22-6-4-16(18(22)25)23(2)17(24)3-5-21-19(26)20-10-13-7-14(11-20)9-15(8-13)12-20/h13-16H,3-12H2,1-2H3,(H,21,26). The smallest absolute Gasteiger partial charge is 0.245 e. The normalized spacial score (nSPS) is 37.9. The third-order valence-electron chi connectivity index (χ3n) is 7.40. The van der Waals surface area contributed by atoms with Gasteiger partial charge in [-0.3, -0.25) is 14.4 Å². The van der Waals surface area contributed by atoms with Crippen molar-refractivity contribution in [3.63, 3.8) is 0 Å². The van der Waals surface area contributed by atoms with Gasteiger partial charge in [-0.2, -0.15) is 0 Å². The molecule has 1 saturated heterocycles. The number of carbonyl (C=O) groups is 3. The van der Waals surface area contributed by atoms with Crippen molar-refractivity contribution >= 4 is 17.7 Å². The molecular formula is C20H31N3O3. The molecule has 6 nitrogen and oxygen atoms in total. The molecule has 0 radical (unpaired) electrons. The van der Waals surface area contributed by atoms with E-state index in [0.717, 1.165) is 37.0 Å². The average Bonchev–Trinajstić information content (AvgIpc) is 2.92. The minimum absolute atomic E-state index is 0.0125. The number of nitrogens with one attached hydrogen (secondary N) is 1. The Balaban J connectivity index is 1.27. The van der Waals surface area contributed by atoms with E-state index in [9.17, 15) is 14.4 Å². The molecule has 5 fully saturated rings. The van der Waals surface area contributed by atoms with Gasteiger partial charge in [-0.25, -0.2) is 0 Å². The van der Waals surface area contributed by atoms with E-state index in [-0.39, 0.29) is 35.6 Å². The minimum atomic E-state index is -0.341. The van der Waals surface area contributed by atoms with Crippen LogP contribution < -0.4 is 5.32 Å². The van der Waals surface area contributed by atoms with Crippen molar-refractivity contribution in [1.82, 2.24) is 15.1 Å². The summed E-state index contributed by atoms with van der Waals surface area (Å²) in [5, 5.41) is 3.05. The van der Waals surface area contributed by atoms with Crippen LogP contribution in [0.4, 0.5) is 0 Å². The van der Waals surface area contributed by atoms with Crippen molar-refractivity contribution in [2.75, 3.05) is 27.2 Å². The Labute approximate surface area is 155 Å². The second-order valence-corrected chi connectivity index (χ2v) is 9.27. The van der Waals surface area contributed by atoms with Crippen molar-refractivity contribution in [3.05, 3.63) is 0 Å². The molecule has 1 N–H and O–H groups in total. The Morgan fingerprint density at radius 2 is 1.73 bits per heavy atom. The van der Waals surface area contributed by atoms with Gasteiger partial charge in [0.05, 0.1) is 0 Å². The third-order valence-corrected chi connectivity index (χ3v) is 7.40. The highest BCUT2D eigenvalue weighted by Crippen LogP contribution is 2.60. The van der Waals surface area contributed by atoms with Gasteiger partial charge in [-0.15, -0.1) is 0 Å². The summed E-state index contributed by atoms with van der Waals surface area (Å²) in [6.45, 7) is 1.07. The zero-order valence-electron chi connectivity index (χ0n) is 16.0. The van der Waals surface area contributed by atoms with Gasteiger partial charge in [0.1, 0.15) is 6.04 Å². The van der Waals surface area contributed by atoms with Crippen LogP contribution in [0.15, 0.2) is 0 Å². The third kappa shape index (κ3) is 3.01. The summed E-state index contributed by atoms with van der Waals surface area (Å²) in [7, 11) is 3.47. The van der Waals surface area contributed by atoms with Crippen LogP contribution >= 0.6 is 0 Å². The van der Waals surface area contributed by atoms with E-state index in [4.69, 9.17) is 0 Å². The van der Waals surface area contributed by atoms with Gasteiger partial charge in [0, 0.05) is 39.0 Å². The van der Waals surface area contributed by atoms with Gasteiger partial charge in [0.2, 0.25) is 17.7 Å². The molecule has 26 heavy (non-hydrogen) atoms. The molecule has 4 saturated carbocycles. The topological polar surface area (TPSA) is 69.7 Å². The molecule has 4 aliphatic carbocycles. The van der Waals surface area contributed by atoms with Crippen molar-refractivity contribution in [3.8, 4) is 0 Å². The predicted molar refractivity (Wildman–Crippen MR) is 97.0 cm³/mol. The fourth-order valence-corrected chi connectivity index (χ4v) is 6.37. The summed E-state index contributed by atoms with van der Waals surface area (Å²) >= 11 is 0. The van der Waals surface area contributed by atoms with E-state index in [2.05, 4.69) is 5.32 Å². The van der Waals surface area contributed by atoms with E-state index in [0.29, 0.717) is 19.5 Å². The highest BCUT2D eigenvalue weighted by atomic mass is 16.2. The lowest BCUT2D eigenvalue weighted by Gasteiger charge is -2.55. The van der Waals surface area contributed by atoms with E-state index in [1.54, 1.807) is 23.9 Å². The monoisotopic (exact) mass is 361 g/mol. The van der Waals surface area contributed by atoms with E-state index in [1.807, 2.05) is 0 Å². The molecule has 5 aliphatic rings. The van der Waals surface area contributed by atoms with E-state index >= 15 is 0 Å². The van der Waals surface area contributed by atoms with Gasteiger partial charge in [-0.1, -0.05) is 0 Å². The largest absolute Gasteiger partial charge is 0.355 e. The van der Waals surface area contributed by atoms with Crippen molar-refractivity contribution in [1.29, 1.82) is 0 Å². The van der Waals surface area contributed by atoms with Gasteiger partial charge in [0.25, 0.3) is 0 Å². The minimum Gasteiger partial charge on any atom is -0.355 e. The fraction of sp³-hybridized carbons (Fsp3) is 0.850. The van der Waals surface area contributed by atoms with Crippen LogP contribution in [0.5, 0.6) is 0 Å². The molecule has 6 heteroatoms. The summed E-state index contributed by atoms with van der Waals surface area (Å²) in [4.78, 5) is 40.6. The number of likely N-dealkylation sites (tertiary alicyclic amines) is 1. The molecule has 0 aromatic heterocycles. The van der Waals surface area contributed by atoms with Crippen molar-refractivity contribution < 1.29 is 14.4 Å². The average molecular weight is 361 g/mol. The molecule has 1 unspecified atom stereocenters. The number of carbonyl (C=O) groups excluding carboxylic acids is 3. The molecule has 5 rings (SSSR count). The highest BCUT2D eigenvalue weighted by molar-refractivity contribution is 5.89. The molecule has 1 heterocycles. The summed E-state index contributed by atoms with van der Waals surface area (Å²) in [6.07, 6.45) is 8.04. The van der Waals surface area contributed by atoms with Crippen molar-refractivity contribution in [2.24, 2.45) is 23.2 Å². The summed E-state index contributed by atoms with van der Waals surface area (Å²) in [5.74, 6) is 2.34. The molecule has 144 valence electrons. The molecule has 0 spiro atoms. The lowest BCUT2D eigenvalue weighted by Crippen LogP contribution is -2.54. The Morgan fingerprint density at radius 3 is 2.23 bits per heavy atom.